The van der Waals surface area contributed by atoms with Gasteiger partial charge in [-0.2, -0.15) is 0 Å². The van der Waals surface area contributed by atoms with E-state index in [4.69, 9.17) is 21.1 Å². The van der Waals surface area contributed by atoms with E-state index >= 15 is 0 Å². The monoisotopic (exact) mass is 331 g/mol. The molecule has 0 spiro atoms. The van der Waals surface area contributed by atoms with E-state index in [9.17, 15) is 0 Å². The average molecular weight is 332 g/mol. The maximum atomic E-state index is 6.41. The van der Waals surface area contributed by atoms with E-state index in [0.29, 0.717) is 13.2 Å². The molecule has 0 saturated carbocycles. The molecule has 3 rings (SSSR count). The van der Waals surface area contributed by atoms with Crippen LogP contribution in [0, 0.1) is 0 Å². The molecular weight excluding hydrogens is 310 g/mol. The van der Waals surface area contributed by atoms with Gasteiger partial charge in [-0.1, -0.05) is 29.8 Å². The van der Waals surface area contributed by atoms with Gasteiger partial charge in [0.25, 0.3) is 0 Å². The standard InChI is InChI=1S/C19H22ClNO2/c1-3-22-17-11-13-9-10-21-19(14-7-5-6-8-16(14)20)15(13)12-18(17)23-4-2/h5-8,11-12,19,21H,3-4,9-10H2,1-2H3/t19-/m0/s1. The number of nitrogens with one attached hydrogen (secondary N) is 1. The summed E-state index contributed by atoms with van der Waals surface area (Å²) in [5.41, 5.74) is 3.61. The minimum absolute atomic E-state index is 0.0855. The highest BCUT2D eigenvalue weighted by atomic mass is 35.5. The van der Waals surface area contributed by atoms with Crippen LogP contribution in [0.25, 0.3) is 0 Å². The average Bonchev–Trinajstić information content (AvgIpc) is 2.56. The smallest absolute Gasteiger partial charge is 0.161 e. The third-order valence-corrected chi connectivity index (χ3v) is 4.42. The van der Waals surface area contributed by atoms with Crippen molar-refractivity contribution in [2.45, 2.75) is 26.3 Å². The minimum Gasteiger partial charge on any atom is -0.490 e. The lowest BCUT2D eigenvalue weighted by molar-refractivity contribution is 0.286. The molecule has 122 valence electrons. The van der Waals surface area contributed by atoms with Crippen molar-refractivity contribution < 1.29 is 9.47 Å². The van der Waals surface area contributed by atoms with Gasteiger partial charge >= 0.3 is 0 Å². The fourth-order valence-electron chi connectivity index (χ4n) is 3.09. The minimum atomic E-state index is 0.0855. The van der Waals surface area contributed by atoms with Gasteiger partial charge in [-0.15, -0.1) is 0 Å². The molecule has 1 atom stereocenters. The number of rotatable bonds is 5. The van der Waals surface area contributed by atoms with Gasteiger partial charge in [0.1, 0.15) is 0 Å². The van der Waals surface area contributed by atoms with Crippen molar-refractivity contribution in [2.24, 2.45) is 0 Å². The quantitative estimate of drug-likeness (QED) is 0.882. The van der Waals surface area contributed by atoms with Gasteiger partial charge in [-0.25, -0.2) is 0 Å². The maximum Gasteiger partial charge on any atom is 0.161 e. The highest BCUT2D eigenvalue weighted by molar-refractivity contribution is 6.31. The molecule has 0 unspecified atom stereocenters. The van der Waals surface area contributed by atoms with E-state index in [1.807, 2.05) is 32.0 Å². The summed E-state index contributed by atoms with van der Waals surface area (Å²) in [6, 6.07) is 12.3. The Kier molecular flexibility index (Phi) is 5.09. The van der Waals surface area contributed by atoms with Crippen molar-refractivity contribution >= 4 is 11.6 Å². The van der Waals surface area contributed by atoms with E-state index in [1.54, 1.807) is 0 Å². The van der Waals surface area contributed by atoms with Crippen molar-refractivity contribution in [1.29, 1.82) is 0 Å². The molecule has 0 aromatic heterocycles. The number of benzene rings is 2. The Balaban J connectivity index is 2.07. The lowest BCUT2D eigenvalue weighted by Crippen LogP contribution is -2.30. The van der Waals surface area contributed by atoms with Crippen molar-refractivity contribution in [3.8, 4) is 11.5 Å². The Morgan fingerprint density at radius 1 is 1.04 bits per heavy atom. The molecular formula is C19H22ClNO2. The molecule has 3 nitrogen and oxygen atoms in total. The summed E-state index contributed by atoms with van der Waals surface area (Å²) in [7, 11) is 0. The number of hydrogen-bond donors (Lipinski definition) is 1. The number of hydrogen-bond acceptors (Lipinski definition) is 3. The van der Waals surface area contributed by atoms with E-state index < -0.39 is 0 Å². The first kappa shape index (κ1) is 16.2. The van der Waals surface area contributed by atoms with Gasteiger partial charge in [-0.3, -0.25) is 0 Å². The molecule has 4 heteroatoms. The predicted molar refractivity (Wildman–Crippen MR) is 93.8 cm³/mol. The van der Waals surface area contributed by atoms with Gasteiger partial charge < -0.3 is 14.8 Å². The summed E-state index contributed by atoms with van der Waals surface area (Å²) < 4.78 is 11.5. The van der Waals surface area contributed by atoms with Gasteiger partial charge in [0.15, 0.2) is 11.5 Å². The van der Waals surface area contributed by atoms with E-state index in [1.165, 1.54) is 11.1 Å². The molecule has 0 radical (unpaired) electrons. The van der Waals surface area contributed by atoms with Crippen molar-refractivity contribution in [1.82, 2.24) is 5.32 Å². The molecule has 0 aliphatic carbocycles. The largest absolute Gasteiger partial charge is 0.490 e. The zero-order chi connectivity index (χ0) is 16.2. The highest BCUT2D eigenvalue weighted by Gasteiger charge is 2.25. The lowest BCUT2D eigenvalue weighted by Gasteiger charge is -2.29. The molecule has 1 N–H and O–H groups in total. The van der Waals surface area contributed by atoms with Crippen LogP contribution in [0.3, 0.4) is 0 Å². The number of ether oxygens (including phenoxy) is 2. The topological polar surface area (TPSA) is 30.5 Å². The number of halogens is 1. The first-order chi connectivity index (χ1) is 11.2. The Hall–Kier alpha value is -1.71. The molecule has 2 aromatic carbocycles. The van der Waals surface area contributed by atoms with Crippen molar-refractivity contribution in [3.05, 3.63) is 58.1 Å². The second-order valence-electron chi connectivity index (χ2n) is 5.52. The molecule has 0 saturated heterocycles. The van der Waals surface area contributed by atoms with Crippen LogP contribution < -0.4 is 14.8 Å². The van der Waals surface area contributed by atoms with Crippen LogP contribution in [0.2, 0.25) is 5.02 Å². The summed E-state index contributed by atoms with van der Waals surface area (Å²) in [6.07, 6.45) is 0.975. The molecule has 1 aliphatic rings. The van der Waals surface area contributed by atoms with Gasteiger partial charge in [0.05, 0.1) is 19.3 Å². The van der Waals surface area contributed by atoms with Gasteiger partial charge in [-0.05, 0) is 55.2 Å². The second-order valence-corrected chi connectivity index (χ2v) is 5.93. The maximum absolute atomic E-state index is 6.41. The third-order valence-electron chi connectivity index (χ3n) is 4.08. The Bertz CT molecular complexity index is 687. The van der Waals surface area contributed by atoms with Crippen LogP contribution in [0.15, 0.2) is 36.4 Å². The zero-order valence-corrected chi connectivity index (χ0v) is 14.3. The first-order valence-corrected chi connectivity index (χ1v) is 8.52. The Morgan fingerprint density at radius 2 is 1.74 bits per heavy atom. The van der Waals surface area contributed by atoms with Crippen LogP contribution >= 0.6 is 11.6 Å². The van der Waals surface area contributed by atoms with Gasteiger partial charge in [0.2, 0.25) is 0 Å². The summed E-state index contributed by atoms with van der Waals surface area (Å²) in [6.45, 7) is 6.14. The molecule has 23 heavy (non-hydrogen) atoms. The summed E-state index contributed by atoms with van der Waals surface area (Å²) in [5.74, 6) is 1.63. The lowest BCUT2D eigenvalue weighted by atomic mass is 9.89. The molecule has 2 aromatic rings. The Labute approximate surface area is 142 Å². The fourth-order valence-corrected chi connectivity index (χ4v) is 3.33. The number of fused-ring (bicyclic) bond motifs is 1. The zero-order valence-electron chi connectivity index (χ0n) is 13.6. The molecule has 1 heterocycles. The SMILES string of the molecule is CCOc1cc2c(cc1OCC)[C@H](c1ccccc1Cl)NCC2. The van der Waals surface area contributed by atoms with Crippen molar-refractivity contribution in [3.63, 3.8) is 0 Å². The predicted octanol–water partition coefficient (Wildman–Crippen LogP) is 4.37. The van der Waals surface area contributed by atoms with Crippen LogP contribution in [0.1, 0.15) is 36.6 Å². The molecule has 1 aliphatic heterocycles. The highest BCUT2D eigenvalue weighted by Crippen LogP contribution is 2.39. The summed E-state index contributed by atoms with van der Waals surface area (Å²) >= 11 is 6.41. The van der Waals surface area contributed by atoms with E-state index in [2.05, 4.69) is 23.5 Å². The molecule has 0 bridgehead atoms. The van der Waals surface area contributed by atoms with Crippen LogP contribution in [0.5, 0.6) is 11.5 Å². The van der Waals surface area contributed by atoms with Crippen LogP contribution in [0.4, 0.5) is 0 Å². The van der Waals surface area contributed by atoms with E-state index in [0.717, 1.165) is 35.1 Å². The van der Waals surface area contributed by atoms with Crippen molar-refractivity contribution in [2.75, 3.05) is 19.8 Å². The Morgan fingerprint density at radius 3 is 2.43 bits per heavy atom. The van der Waals surface area contributed by atoms with E-state index in [-0.39, 0.29) is 6.04 Å². The summed E-state index contributed by atoms with van der Waals surface area (Å²) in [5, 5.41) is 4.35. The van der Waals surface area contributed by atoms with Crippen LogP contribution in [-0.2, 0) is 6.42 Å². The molecule has 0 amide bonds. The third kappa shape index (κ3) is 3.31. The van der Waals surface area contributed by atoms with Crippen LogP contribution in [-0.4, -0.2) is 19.8 Å². The normalized spacial score (nSPS) is 16.7. The van der Waals surface area contributed by atoms with Gasteiger partial charge in [0, 0.05) is 11.6 Å². The summed E-state index contributed by atoms with van der Waals surface area (Å²) in [4.78, 5) is 0. The first-order valence-electron chi connectivity index (χ1n) is 8.14. The second kappa shape index (κ2) is 7.24. The fraction of sp³-hybridized carbons (Fsp3) is 0.368. The molecule has 0 fully saturated rings.